The molecule has 1 N–H and O–H groups in total. The van der Waals surface area contributed by atoms with Crippen LogP contribution in [0.4, 0.5) is 5.69 Å². The van der Waals surface area contributed by atoms with Crippen molar-refractivity contribution in [3.05, 3.63) is 70.8 Å². The molecule has 0 aliphatic heterocycles. The number of anilines is 1. The average Bonchev–Trinajstić information content (AvgIpc) is 2.50. The molecule has 0 fully saturated rings. The summed E-state index contributed by atoms with van der Waals surface area (Å²) in [7, 11) is -3.40. The summed E-state index contributed by atoms with van der Waals surface area (Å²) < 4.78 is 26.5. The molecule has 3 rings (SSSR count). The first kappa shape index (κ1) is 15.2. The van der Waals surface area contributed by atoms with Crippen molar-refractivity contribution in [2.75, 3.05) is 11.0 Å². The molecule has 118 valence electrons. The highest BCUT2D eigenvalue weighted by Crippen LogP contribution is 2.15. The van der Waals surface area contributed by atoms with Gasteiger partial charge in [-0.2, -0.15) is 0 Å². The minimum absolute atomic E-state index is 0.212. The number of hydrogen-bond donors (Lipinski definition) is 1. The molecule has 2 aromatic carbocycles. The van der Waals surface area contributed by atoms with E-state index in [2.05, 4.69) is 9.71 Å². The fourth-order valence-electron chi connectivity index (χ4n) is 2.33. The predicted octanol–water partition coefficient (Wildman–Crippen LogP) is 1.82. The zero-order valence-corrected chi connectivity index (χ0v) is 13.2. The highest BCUT2D eigenvalue weighted by Gasteiger charge is 2.08. The van der Waals surface area contributed by atoms with Gasteiger partial charge in [0.15, 0.2) is 0 Å². The third-order valence-electron chi connectivity index (χ3n) is 3.32. The van der Waals surface area contributed by atoms with E-state index in [9.17, 15) is 13.2 Å². The molecule has 0 saturated carbocycles. The Bertz CT molecular complexity index is 1010. The second-order valence-electron chi connectivity index (χ2n) is 5.27. The van der Waals surface area contributed by atoms with Crippen molar-refractivity contribution < 1.29 is 8.42 Å². The summed E-state index contributed by atoms with van der Waals surface area (Å²) in [5.41, 5.74) is 1.65. The maximum absolute atomic E-state index is 12.6. The molecular weight excluding hydrogens is 314 g/mol. The van der Waals surface area contributed by atoms with Crippen molar-refractivity contribution in [2.45, 2.75) is 6.54 Å². The fraction of sp³-hybridized carbons (Fsp3) is 0.125. The summed E-state index contributed by atoms with van der Waals surface area (Å²) in [6.07, 6.45) is 2.56. The summed E-state index contributed by atoms with van der Waals surface area (Å²) in [4.78, 5) is 16.9. The molecule has 0 saturated heterocycles. The molecule has 6 nitrogen and oxygen atoms in total. The summed E-state index contributed by atoms with van der Waals surface area (Å²) in [5, 5.41) is 0.372. The molecule has 0 aliphatic carbocycles. The van der Waals surface area contributed by atoms with Crippen molar-refractivity contribution in [2.24, 2.45) is 0 Å². The molecule has 23 heavy (non-hydrogen) atoms. The zero-order valence-electron chi connectivity index (χ0n) is 12.4. The topological polar surface area (TPSA) is 81.1 Å². The summed E-state index contributed by atoms with van der Waals surface area (Å²) >= 11 is 0. The van der Waals surface area contributed by atoms with Crippen LogP contribution < -0.4 is 10.3 Å². The van der Waals surface area contributed by atoms with Crippen LogP contribution in [-0.4, -0.2) is 24.2 Å². The lowest BCUT2D eigenvalue weighted by Gasteiger charge is -2.08. The molecule has 1 heterocycles. The summed E-state index contributed by atoms with van der Waals surface area (Å²) in [5.74, 6) is 0. The minimum atomic E-state index is -3.40. The number of aromatic nitrogens is 2. The number of hydrogen-bond acceptors (Lipinski definition) is 4. The maximum Gasteiger partial charge on any atom is 0.261 e. The lowest BCUT2D eigenvalue weighted by molar-refractivity contribution is 0.607. The van der Waals surface area contributed by atoms with E-state index in [0.29, 0.717) is 23.1 Å². The van der Waals surface area contributed by atoms with E-state index >= 15 is 0 Å². The second kappa shape index (κ2) is 5.85. The first-order valence-electron chi connectivity index (χ1n) is 6.93. The molecule has 7 heteroatoms. The Morgan fingerprint density at radius 1 is 1.13 bits per heavy atom. The molecule has 0 atom stereocenters. The monoisotopic (exact) mass is 329 g/mol. The van der Waals surface area contributed by atoms with Gasteiger partial charge in [0.1, 0.15) is 0 Å². The van der Waals surface area contributed by atoms with Gasteiger partial charge in [-0.15, -0.1) is 0 Å². The van der Waals surface area contributed by atoms with Gasteiger partial charge < -0.3 is 0 Å². The molecule has 0 radical (unpaired) electrons. The molecule has 1 aromatic heterocycles. The second-order valence-corrected chi connectivity index (χ2v) is 7.02. The van der Waals surface area contributed by atoms with Gasteiger partial charge >= 0.3 is 0 Å². The van der Waals surface area contributed by atoms with Gasteiger partial charge in [0.25, 0.3) is 5.56 Å². The standard InChI is InChI=1S/C16H15N3O3S/c1-23(21,22)18-13-7-8-15-14(9-13)16(20)19(11-17-15)10-12-5-3-2-4-6-12/h2-9,11,18H,10H2,1H3. The first-order valence-corrected chi connectivity index (χ1v) is 8.82. The van der Waals surface area contributed by atoms with E-state index in [4.69, 9.17) is 0 Å². The van der Waals surface area contributed by atoms with Crippen LogP contribution in [0.5, 0.6) is 0 Å². The minimum Gasteiger partial charge on any atom is -0.294 e. The van der Waals surface area contributed by atoms with Crippen molar-refractivity contribution in [3.8, 4) is 0 Å². The number of benzene rings is 2. The first-order chi connectivity index (χ1) is 10.9. The van der Waals surface area contributed by atoms with E-state index in [-0.39, 0.29) is 5.56 Å². The Morgan fingerprint density at radius 3 is 2.57 bits per heavy atom. The molecule has 0 spiro atoms. The SMILES string of the molecule is CS(=O)(=O)Nc1ccc2ncn(Cc3ccccc3)c(=O)c2c1. The van der Waals surface area contributed by atoms with Crippen LogP contribution >= 0.6 is 0 Å². The van der Waals surface area contributed by atoms with Crippen LogP contribution in [0.1, 0.15) is 5.56 Å². The van der Waals surface area contributed by atoms with Crippen LogP contribution in [0.3, 0.4) is 0 Å². The van der Waals surface area contributed by atoms with Crippen LogP contribution in [-0.2, 0) is 16.6 Å². The third kappa shape index (κ3) is 3.57. The molecule has 0 bridgehead atoms. The Kier molecular flexibility index (Phi) is 3.87. The van der Waals surface area contributed by atoms with E-state index in [1.807, 2.05) is 30.3 Å². The number of nitrogens with one attached hydrogen (secondary N) is 1. The molecule has 0 amide bonds. The van der Waals surface area contributed by atoms with Gasteiger partial charge in [0, 0.05) is 5.69 Å². The van der Waals surface area contributed by atoms with E-state index in [1.54, 1.807) is 12.1 Å². The van der Waals surface area contributed by atoms with Gasteiger partial charge in [0.05, 0.1) is 30.0 Å². The van der Waals surface area contributed by atoms with Gasteiger partial charge in [-0.05, 0) is 23.8 Å². The van der Waals surface area contributed by atoms with Gasteiger partial charge in [-0.3, -0.25) is 14.1 Å². The third-order valence-corrected chi connectivity index (χ3v) is 3.93. The zero-order chi connectivity index (χ0) is 16.4. The lowest BCUT2D eigenvalue weighted by Crippen LogP contribution is -2.21. The maximum atomic E-state index is 12.6. The van der Waals surface area contributed by atoms with Gasteiger partial charge in [-0.1, -0.05) is 30.3 Å². The van der Waals surface area contributed by atoms with Gasteiger partial charge in [0.2, 0.25) is 10.0 Å². The Morgan fingerprint density at radius 2 is 1.87 bits per heavy atom. The normalized spacial score (nSPS) is 11.5. The quantitative estimate of drug-likeness (QED) is 0.791. The van der Waals surface area contributed by atoms with E-state index < -0.39 is 10.0 Å². The largest absolute Gasteiger partial charge is 0.294 e. The van der Waals surface area contributed by atoms with Crippen LogP contribution in [0, 0.1) is 0 Å². The van der Waals surface area contributed by atoms with Crippen molar-refractivity contribution in [1.82, 2.24) is 9.55 Å². The van der Waals surface area contributed by atoms with E-state index in [0.717, 1.165) is 11.8 Å². The summed E-state index contributed by atoms with van der Waals surface area (Å²) in [6.45, 7) is 0.409. The Labute approximate surface area is 133 Å². The predicted molar refractivity (Wildman–Crippen MR) is 90.0 cm³/mol. The van der Waals surface area contributed by atoms with Gasteiger partial charge in [-0.25, -0.2) is 13.4 Å². The van der Waals surface area contributed by atoms with Crippen molar-refractivity contribution in [1.29, 1.82) is 0 Å². The number of rotatable bonds is 4. The highest BCUT2D eigenvalue weighted by atomic mass is 32.2. The van der Waals surface area contributed by atoms with Crippen LogP contribution in [0.15, 0.2) is 59.7 Å². The fourth-order valence-corrected chi connectivity index (χ4v) is 2.88. The Hall–Kier alpha value is -2.67. The lowest BCUT2D eigenvalue weighted by atomic mass is 10.2. The smallest absolute Gasteiger partial charge is 0.261 e. The number of nitrogens with zero attached hydrogens (tertiary/aromatic N) is 2. The number of fused-ring (bicyclic) bond motifs is 1. The number of sulfonamides is 1. The van der Waals surface area contributed by atoms with Crippen LogP contribution in [0.2, 0.25) is 0 Å². The Balaban J connectivity index is 2.05. The molecule has 3 aromatic rings. The van der Waals surface area contributed by atoms with Crippen molar-refractivity contribution in [3.63, 3.8) is 0 Å². The molecular formula is C16H15N3O3S. The highest BCUT2D eigenvalue weighted by molar-refractivity contribution is 7.92. The van der Waals surface area contributed by atoms with Crippen LogP contribution in [0.25, 0.3) is 10.9 Å². The van der Waals surface area contributed by atoms with Crippen molar-refractivity contribution >= 4 is 26.6 Å². The van der Waals surface area contributed by atoms with E-state index in [1.165, 1.54) is 17.0 Å². The molecule has 0 aliphatic rings. The molecule has 0 unspecified atom stereocenters. The average molecular weight is 329 g/mol. The summed E-state index contributed by atoms with van der Waals surface area (Å²) in [6, 6.07) is 14.3.